The molecule has 0 atom stereocenters. The fraction of sp³-hybridized carbons (Fsp3) is 0.462. The minimum absolute atomic E-state index is 0.176. The van der Waals surface area contributed by atoms with Gasteiger partial charge in [0.2, 0.25) is 0 Å². The van der Waals surface area contributed by atoms with E-state index in [9.17, 15) is 9.18 Å². The Morgan fingerprint density at radius 1 is 1.38 bits per heavy atom. The Hall–Kier alpha value is -1.38. The van der Waals surface area contributed by atoms with Crippen molar-refractivity contribution in [2.75, 3.05) is 13.1 Å². The predicted molar refractivity (Wildman–Crippen MR) is 63.0 cm³/mol. The molecule has 0 N–H and O–H groups in total. The van der Waals surface area contributed by atoms with Crippen LogP contribution in [-0.4, -0.2) is 23.9 Å². The zero-order valence-corrected chi connectivity index (χ0v) is 10.1. The average Bonchev–Trinajstić information content (AvgIpc) is 2.28. The zero-order chi connectivity index (χ0) is 12.1. The molecule has 0 aliphatic heterocycles. The molecule has 0 bridgehead atoms. The molecule has 1 aromatic carbocycles. The Morgan fingerprint density at radius 3 is 2.62 bits per heavy atom. The van der Waals surface area contributed by atoms with Crippen LogP contribution >= 0.6 is 0 Å². The molecular weight excluding hydrogens is 205 g/mol. The Morgan fingerprint density at radius 2 is 2.06 bits per heavy atom. The second kappa shape index (κ2) is 5.64. The first-order valence-corrected chi connectivity index (χ1v) is 5.65. The number of amides is 1. The molecule has 16 heavy (non-hydrogen) atoms. The van der Waals surface area contributed by atoms with E-state index in [0.717, 1.165) is 12.0 Å². The quantitative estimate of drug-likeness (QED) is 0.768. The Labute approximate surface area is 96.1 Å². The molecule has 0 aromatic heterocycles. The van der Waals surface area contributed by atoms with Crippen LogP contribution in [0.25, 0.3) is 0 Å². The van der Waals surface area contributed by atoms with E-state index in [0.29, 0.717) is 13.1 Å². The predicted octanol–water partition coefficient (Wildman–Crippen LogP) is 3.01. The molecule has 88 valence electrons. The third kappa shape index (κ3) is 2.81. The van der Waals surface area contributed by atoms with E-state index in [4.69, 9.17) is 0 Å². The molecule has 0 fully saturated rings. The Balaban J connectivity index is 2.98. The molecule has 1 rings (SSSR count). The maximum absolute atomic E-state index is 13.5. The van der Waals surface area contributed by atoms with Crippen LogP contribution in [0, 0.1) is 12.7 Å². The number of rotatable bonds is 4. The van der Waals surface area contributed by atoms with Gasteiger partial charge in [0.05, 0.1) is 5.56 Å². The molecule has 3 heteroatoms. The second-order valence-corrected chi connectivity index (χ2v) is 3.87. The second-order valence-electron chi connectivity index (χ2n) is 3.87. The summed E-state index contributed by atoms with van der Waals surface area (Å²) >= 11 is 0. The highest BCUT2D eigenvalue weighted by molar-refractivity contribution is 5.94. The lowest BCUT2D eigenvalue weighted by molar-refractivity contribution is 0.0759. The minimum Gasteiger partial charge on any atom is -0.339 e. The van der Waals surface area contributed by atoms with Crippen LogP contribution in [0.15, 0.2) is 18.2 Å². The van der Waals surface area contributed by atoms with Crippen molar-refractivity contribution in [3.05, 3.63) is 35.1 Å². The Kier molecular flexibility index (Phi) is 4.47. The molecule has 0 aliphatic rings. The lowest BCUT2D eigenvalue weighted by atomic mass is 10.1. The molecule has 0 aliphatic carbocycles. The van der Waals surface area contributed by atoms with Crippen LogP contribution in [0.3, 0.4) is 0 Å². The summed E-state index contributed by atoms with van der Waals surface area (Å²) in [4.78, 5) is 13.7. The fourth-order valence-electron chi connectivity index (χ4n) is 1.65. The molecule has 0 saturated heterocycles. The third-order valence-electron chi connectivity index (χ3n) is 2.51. The number of hydrogen-bond donors (Lipinski definition) is 0. The van der Waals surface area contributed by atoms with Gasteiger partial charge in [-0.1, -0.05) is 18.6 Å². The number of aryl methyl sites for hydroxylation is 1. The van der Waals surface area contributed by atoms with Crippen molar-refractivity contribution in [1.29, 1.82) is 0 Å². The molecule has 0 saturated carbocycles. The number of hydrogen-bond acceptors (Lipinski definition) is 1. The first-order valence-electron chi connectivity index (χ1n) is 5.65. The highest BCUT2D eigenvalue weighted by atomic mass is 19.1. The summed E-state index contributed by atoms with van der Waals surface area (Å²) in [6.45, 7) is 7.04. The molecule has 1 aromatic rings. The summed E-state index contributed by atoms with van der Waals surface area (Å²) in [5.41, 5.74) is 1.08. The highest BCUT2D eigenvalue weighted by Gasteiger charge is 2.17. The first kappa shape index (κ1) is 12.7. The number of halogens is 1. The van der Waals surface area contributed by atoms with E-state index < -0.39 is 5.82 Å². The average molecular weight is 223 g/mol. The topological polar surface area (TPSA) is 20.3 Å². The van der Waals surface area contributed by atoms with Crippen LogP contribution in [-0.2, 0) is 0 Å². The number of carbonyl (C=O) groups excluding carboxylic acids is 1. The lowest BCUT2D eigenvalue weighted by Crippen LogP contribution is -2.32. The van der Waals surface area contributed by atoms with Crippen LogP contribution in [0.4, 0.5) is 4.39 Å². The van der Waals surface area contributed by atoms with Gasteiger partial charge in [0.15, 0.2) is 0 Å². The van der Waals surface area contributed by atoms with Gasteiger partial charge in [-0.25, -0.2) is 4.39 Å². The minimum atomic E-state index is -0.440. The van der Waals surface area contributed by atoms with Crippen molar-refractivity contribution < 1.29 is 9.18 Å². The van der Waals surface area contributed by atoms with Gasteiger partial charge in [0.1, 0.15) is 5.82 Å². The highest BCUT2D eigenvalue weighted by Crippen LogP contribution is 2.13. The van der Waals surface area contributed by atoms with Crippen molar-refractivity contribution in [2.24, 2.45) is 0 Å². The Bertz CT molecular complexity index is 376. The van der Waals surface area contributed by atoms with Gasteiger partial charge in [-0.2, -0.15) is 0 Å². The van der Waals surface area contributed by atoms with Gasteiger partial charge in [-0.05, 0) is 32.4 Å². The van der Waals surface area contributed by atoms with E-state index in [2.05, 4.69) is 0 Å². The first-order chi connectivity index (χ1) is 7.60. The third-order valence-corrected chi connectivity index (χ3v) is 2.51. The fourth-order valence-corrected chi connectivity index (χ4v) is 1.65. The van der Waals surface area contributed by atoms with Gasteiger partial charge in [0.25, 0.3) is 5.91 Å². The van der Waals surface area contributed by atoms with Crippen LogP contribution in [0.1, 0.15) is 36.2 Å². The van der Waals surface area contributed by atoms with E-state index in [1.54, 1.807) is 17.0 Å². The van der Waals surface area contributed by atoms with Crippen molar-refractivity contribution >= 4 is 5.91 Å². The van der Waals surface area contributed by atoms with E-state index in [1.165, 1.54) is 6.07 Å². The summed E-state index contributed by atoms with van der Waals surface area (Å²) in [5, 5.41) is 0. The van der Waals surface area contributed by atoms with Gasteiger partial charge < -0.3 is 4.90 Å². The molecule has 0 spiro atoms. The van der Waals surface area contributed by atoms with Crippen molar-refractivity contribution in [3.63, 3.8) is 0 Å². The molecule has 1 amide bonds. The summed E-state index contributed by atoms with van der Waals surface area (Å²) < 4.78 is 13.5. The zero-order valence-electron chi connectivity index (χ0n) is 10.1. The maximum Gasteiger partial charge on any atom is 0.256 e. The summed E-state index contributed by atoms with van der Waals surface area (Å²) in [7, 11) is 0. The lowest BCUT2D eigenvalue weighted by Gasteiger charge is -2.20. The molecule has 0 heterocycles. The number of benzene rings is 1. The summed E-state index contributed by atoms with van der Waals surface area (Å²) in [5.74, 6) is -0.657. The molecule has 0 radical (unpaired) electrons. The SMILES string of the molecule is CCCN(CC)C(=O)c1cc(C)ccc1F. The number of nitrogens with zero attached hydrogens (tertiary/aromatic N) is 1. The summed E-state index contributed by atoms with van der Waals surface area (Å²) in [6.07, 6.45) is 0.882. The van der Waals surface area contributed by atoms with E-state index in [1.807, 2.05) is 20.8 Å². The van der Waals surface area contributed by atoms with Gasteiger partial charge >= 0.3 is 0 Å². The summed E-state index contributed by atoms with van der Waals surface area (Å²) in [6, 6.07) is 4.63. The van der Waals surface area contributed by atoms with Crippen LogP contribution in [0.2, 0.25) is 0 Å². The van der Waals surface area contributed by atoms with Crippen LogP contribution < -0.4 is 0 Å². The molecule has 2 nitrogen and oxygen atoms in total. The van der Waals surface area contributed by atoms with Gasteiger partial charge in [-0.15, -0.1) is 0 Å². The van der Waals surface area contributed by atoms with Crippen LogP contribution in [0.5, 0.6) is 0 Å². The maximum atomic E-state index is 13.5. The van der Waals surface area contributed by atoms with Gasteiger partial charge in [-0.3, -0.25) is 4.79 Å². The van der Waals surface area contributed by atoms with Crippen molar-refractivity contribution in [2.45, 2.75) is 27.2 Å². The van der Waals surface area contributed by atoms with Gasteiger partial charge in [0, 0.05) is 13.1 Å². The normalized spacial score (nSPS) is 10.2. The number of carbonyl (C=O) groups is 1. The smallest absolute Gasteiger partial charge is 0.256 e. The standard InChI is InChI=1S/C13H18FNO/c1-4-8-15(5-2)13(16)11-9-10(3)6-7-12(11)14/h6-7,9H,4-5,8H2,1-3H3. The largest absolute Gasteiger partial charge is 0.339 e. The van der Waals surface area contributed by atoms with Crippen molar-refractivity contribution in [1.82, 2.24) is 4.90 Å². The van der Waals surface area contributed by atoms with Crippen molar-refractivity contribution in [3.8, 4) is 0 Å². The van der Waals surface area contributed by atoms with E-state index in [-0.39, 0.29) is 11.5 Å². The molecule has 0 unspecified atom stereocenters. The van der Waals surface area contributed by atoms with E-state index >= 15 is 0 Å². The monoisotopic (exact) mass is 223 g/mol. The molecular formula is C13H18FNO.